The predicted molar refractivity (Wildman–Crippen MR) is 65.7 cm³/mol. The van der Waals surface area contributed by atoms with E-state index in [9.17, 15) is 0 Å². The summed E-state index contributed by atoms with van der Waals surface area (Å²) in [6.07, 6.45) is 5.23. The van der Waals surface area contributed by atoms with Crippen molar-refractivity contribution < 1.29 is 4.74 Å². The van der Waals surface area contributed by atoms with Gasteiger partial charge in [-0.25, -0.2) is 0 Å². The van der Waals surface area contributed by atoms with Crippen LogP contribution in [0.3, 0.4) is 0 Å². The topological polar surface area (TPSA) is 47.0 Å². The second-order valence-electron chi connectivity index (χ2n) is 3.54. The van der Waals surface area contributed by atoms with Gasteiger partial charge in [0, 0.05) is 25.5 Å². The van der Waals surface area contributed by atoms with E-state index in [1.807, 2.05) is 30.3 Å². The molecular weight excluding hydrogens is 214 g/mol. The van der Waals surface area contributed by atoms with E-state index in [1.54, 1.807) is 18.6 Å². The van der Waals surface area contributed by atoms with Crippen molar-refractivity contribution >= 4 is 0 Å². The molecule has 2 aromatic rings. The van der Waals surface area contributed by atoms with Crippen LogP contribution in [0, 0.1) is 0 Å². The van der Waals surface area contributed by atoms with Crippen molar-refractivity contribution in [3.05, 3.63) is 54.6 Å². The van der Waals surface area contributed by atoms with E-state index in [0.717, 1.165) is 24.5 Å². The summed E-state index contributed by atoms with van der Waals surface area (Å²) in [6, 6.07) is 9.64. The zero-order valence-corrected chi connectivity index (χ0v) is 9.54. The van der Waals surface area contributed by atoms with E-state index in [1.165, 1.54) is 0 Å². The molecule has 17 heavy (non-hydrogen) atoms. The predicted octanol–water partition coefficient (Wildman–Crippen LogP) is 1.65. The molecule has 88 valence electrons. The van der Waals surface area contributed by atoms with Crippen molar-refractivity contribution in [1.82, 2.24) is 15.3 Å². The van der Waals surface area contributed by atoms with Crippen LogP contribution >= 0.6 is 0 Å². The molecule has 4 nitrogen and oxygen atoms in total. The molecule has 0 amide bonds. The maximum atomic E-state index is 5.50. The molecule has 2 rings (SSSR count). The van der Waals surface area contributed by atoms with Gasteiger partial charge in [-0.15, -0.1) is 0 Å². The standard InChI is InChI=1S/C13H15N3O/c1-2-7-16-12(4-1)10-15-8-9-17-13-5-3-6-14-11-13/h1-7,11,15H,8-10H2. The van der Waals surface area contributed by atoms with E-state index in [-0.39, 0.29) is 0 Å². The monoisotopic (exact) mass is 229 g/mol. The highest BCUT2D eigenvalue weighted by atomic mass is 16.5. The van der Waals surface area contributed by atoms with Gasteiger partial charge in [-0.3, -0.25) is 9.97 Å². The first kappa shape index (κ1) is 11.5. The Morgan fingerprint density at radius 2 is 2.12 bits per heavy atom. The minimum absolute atomic E-state index is 0.624. The molecule has 0 bridgehead atoms. The molecule has 0 aliphatic carbocycles. The Bertz CT molecular complexity index is 378. The number of nitrogens with zero attached hydrogens (tertiary/aromatic N) is 2. The summed E-state index contributed by atoms with van der Waals surface area (Å²) >= 11 is 0. The van der Waals surface area contributed by atoms with Crippen molar-refractivity contribution in [3.63, 3.8) is 0 Å². The maximum absolute atomic E-state index is 5.50. The summed E-state index contributed by atoms with van der Waals surface area (Å²) in [5.41, 5.74) is 1.04. The molecular formula is C13H15N3O. The van der Waals surface area contributed by atoms with E-state index in [4.69, 9.17) is 4.74 Å². The second kappa shape index (κ2) is 6.60. The normalized spacial score (nSPS) is 10.1. The Labute approximate surface area is 101 Å². The van der Waals surface area contributed by atoms with Gasteiger partial charge in [0.1, 0.15) is 12.4 Å². The molecule has 0 saturated carbocycles. The van der Waals surface area contributed by atoms with Crippen LogP contribution in [0.2, 0.25) is 0 Å². The van der Waals surface area contributed by atoms with Crippen molar-refractivity contribution in [1.29, 1.82) is 0 Å². The highest BCUT2D eigenvalue weighted by Gasteiger charge is 1.94. The Hall–Kier alpha value is -1.94. The molecule has 0 unspecified atom stereocenters. The number of rotatable bonds is 6. The van der Waals surface area contributed by atoms with Gasteiger partial charge >= 0.3 is 0 Å². The lowest BCUT2D eigenvalue weighted by Gasteiger charge is -2.06. The summed E-state index contributed by atoms with van der Waals surface area (Å²) in [5.74, 6) is 0.798. The lowest BCUT2D eigenvalue weighted by atomic mass is 10.3. The highest BCUT2D eigenvalue weighted by Crippen LogP contribution is 2.04. The first-order valence-corrected chi connectivity index (χ1v) is 5.58. The first-order valence-electron chi connectivity index (χ1n) is 5.58. The van der Waals surface area contributed by atoms with Crippen molar-refractivity contribution in [2.45, 2.75) is 6.54 Å². The smallest absolute Gasteiger partial charge is 0.137 e. The van der Waals surface area contributed by atoms with Crippen LogP contribution in [0.15, 0.2) is 48.9 Å². The van der Waals surface area contributed by atoms with Crippen LogP contribution < -0.4 is 10.1 Å². The molecule has 0 saturated heterocycles. The fraction of sp³-hybridized carbons (Fsp3) is 0.231. The lowest BCUT2D eigenvalue weighted by molar-refractivity contribution is 0.312. The van der Waals surface area contributed by atoms with Gasteiger partial charge in [0.25, 0.3) is 0 Å². The summed E-state index contributed by atoms with van der Waals surface area (Å²) in [6.45, 7) is 2.17. The third kappa shape index (κ3) is 4.20. The Kier molecular flexibility index (Phi) is 4.48. The SMILES string of the molecule is c1ccc(CNCCOc2cccnc2)nc1. The molecule has 0 atom stereocenters. The van der Waals surface area contributed by atoms with E-state index < -0.39 is 0 Å². The van der Waals surface area contributed by atoms with Crippen LogP contribution in [-0.4, -0.2) is 23.1 Å². The van der Waals surface area contributed by atoms with Gasteiger partial charge in [0.05, 0.1) is 11.9 Å². The van der Waals surface area contributed by atoms with E-state index in [0.29, 0.717) is 6.61 Å². The Morgan fingerprint density at radius 3 is 2.88 bits per heavy atom. The molecule has 0 fully saturated rings. The minimum Gasteiger partial charge on any atom is -0.491 e. The van der Waals surface area contributed by atoms with Gasteiger partial charge in [-0.05, 0) is 24.3 Å². The largest absolute Gasteiger partial charge is 0.491 e. The Balaban J connectivity index is 1.61. The first-order chi connectivity index (χ1) is 8.45. The maximum Gasteiger partial charge on any atom is 0.137 e. The van der Waals surface area contributed by atoms with Crippen molar-refractivity contribution in [2.75, 3.05) is 13.2 Å². The van der Waals surface area contributed by atoms with Crippen LogP contribution in [0.5, 0.6) is 5.75 Å². The number of ether oxygens (including phenoxy) is 1. The molecule has 0 radical (unpaired) electrons. The van der Waals surface area contributed by atoms with Crippen LogP contribution in [-0.2, 0) is 6.54 Å². The molecule has 0 spiro atoms. The average Bonchev–Trinajstić information content (AvgIpc) is 2.41. The van der Waals surface area contributed by atoms with Gasteiger partial charge < -0.3 is 10.1 Å². The molecule has 2 aromatic heterocycles. The fourth-order valence-electron chi connectivity index (χ4n) is 1.39. The van der Waals surface area contributed by atoms with Crippen LogP contribution in [0.4, 0.5) is 0 Å². The van der Waals surface area contributed by atoms with Gasteiger partial charge in [0.2, 0.25) is 0 Å². The lowest BCUT2D eigenvalue weighted by Crippen LogP contribution is -2.21. The molecule has 1 N–H and O–H groups in total. The summed E-state index contributed by atoms with van der Waals surface area (Å²) in [7, 11) is 0. The molecule has 0 aromatic carbocycles. The van der Waals surface area contributed by atoms with Crippen LogP contribution in [0.1, 0.15) is 5.69 Å². The van der Waals surface area contributed by atoms with Crippen molar-refractivity contribution in [2.24, 2.45) is 0 Å². The van der Waals surface area contributed by atoms with E-state index in [2.05, 4.69) is 15.3 Å². The Morgan fingerprint density at radius 1 is 1.12 bits per heavy atom. The third-order valence-electron chi connectivity index (χ3n) is 2.21. The number of hydrogen-bond acceptors (Lipinski definition) is 4. The molecule has 0 aliphatic heterocycles. The zero-order valence-electron chi connectivity index (χ0n) is 9.54. The number of pyridine rings is 2. The van der Waals surface area contributed by atoms with Crippen LogP contribution in [0.25, 0.3) is 0 Å². The van der Waals surface area contributed by atoms with E-state index >= 15 is 0 Å². The molecule has 0 aliphatic rings. The average molecular weight is 229 g/mol. The molecule has 4 heteroatoms. The number of aromatic nitrogens is 2. The summed E-state index contributed by atoms with van der Waals surface area (Å²) in [4.78, 5) is 8.20. The zero-order chi connectivity index (χ0) is 11.8. The number of hydrogen-bond donors (Lipinski definition) is 1. The third-order valence-corrected chi connectivity index (χ3v) is 2.21. The second-order valence-corrected chi connectivity index (χ2v) is 3.54. The summed E-state index contributed by atoms with van der Waals surface area (Å²) < 4.78 is 5.50. The minimum atomic E-state index is 0.624. The van der Waals surface area contributed by atoms with Gasteiger partial charge in [-0.2, -0.15) is 0 Å². The van der Waals surface area contributed by atoms with Crippen molar-refractivity contribution in [3.8, 4) is 5.75 Å². The highest BCUT2D eigenvalue weighted by molar-refractivity contribution is 5.15. The van der Waals surface area contributed by atoms with Gasteiger partial charge in [-0.1, -0.05) is 6.07 Å². The summed E-state index contributed by atoms with van der Waals surface area (Å²) in [5, 5.41) is 3.26. The quantitative estimate of drug-likeness (QED) is 0.765. The number of nitrogens with one attached hydrogen (secondary N) is 1. The molecule has 2 heterocycles. The fourth-order valence-corrected chi connectivity index (χ4v) is 1.39. The van der Waals surface area contributed by atoms with Gasteiger partial charge in [0.15, 0.2) is 0 Å².